The maximum absolute atomic E-state index is 11.7. The third-order valence-corrected chi connectivity index (χ3v) is 10.7. The van der Waals surface area contributed by atoms with Crippen LogP contribution in [0.3, 0.4) is 0 Å². The summed E-state index contributed by atoms with van der Waals surface area (Å²) >= 11 is 0. The minimum atomic E-state index is -0.263. The van der Waals surface area contributed by atoms with Crippen molar-refractivity contribution in [1.82, 2.24) is 0 Å². The van der Waals surface area contributed by atoms with E-state index in [1.54, 1.807) is 5.57 Å². The van der Waals surface area contributed by atoms with Crippen molar-refractivity contribution in [3.05, 3.63) is 24.3 Å². The monoisotopic (exact) mass is 440 g/mol. The van der Waals surface area contributed by atoms with Crippen molar-refractivity contribution in [3.8, 4) is 0 Å². The van der Waals surface area contributed by atoms with Crippen LogP contribution in [0.2, 0.25) is 0 Å². The highest BCUT2D eigenvalue weighted by Gasteiger charge is 2.59. The SMILES string of the molecule is C=CC(=O)OC1CC[C@@]2(C)C(=CCC3C4CCC(C(C)CCCC(C)C)[C@@]4(C)CCC32)C1. The van der Waals surface area contributed by atoms with E-state index in [2.05, 4.69) is 47.3 Å². The molecule has 0 aromatic rings. The molecule has 0 aromatic heterocycles. The number of carbonyl (C=O) groups excluding carboxylic acids is 1. The molecule has 0 amide bonds. The van der Waals surface area contributed by atoms with Gasteiger partial charge in [0.2, 0.25) is 0 Å². The Kier molecular flexibility index (Phi) is 7.00. The minimum Gasteiger partial charge on any atom is -0.459 e. The predicted octanol–water partition coefficient (Wildman–Crippen LogP) is 8.13. The second-order valence-corrected chi connectivity index (χ2v) is 12.8. The molecular weight excluding hydrogens is 392 g/mol. The Bertz CT molecular complexity index is 735. The molecule has 180 valence electrons. The van der Waals surface area contributed by atoms with Crippen molar-refractivity contribution in [3.63, 3.8) is 0 Å². The highest BCUT2D eigenvalue weighted by atomic mass is 16.5. The molecule has 2 heteroatoms. The lowest BCUT2D eigenvalue weighted by Crippen LogP contribution is -2.51. The van der Waals surface area contributed by atoms with Gasteiger partial charge < -0.3 is 4.74 Å². The number of allylic oxidation sites excluding steroid dienone is 1. The Hall–Kier alpha value is -1.05. The summed E-state index contributed by atoms with van der Waals surface area (Å²) in [6, 6.07) is 0. The average Bonchev–Trinajstić information content (AvgIpc) is 3.11. The summed E-state index contributed by atoms with van der Waals surface area (Å²) in [7, 11) is 0. The van der Waals surface area contributed by atoms with Gasteiger partial charge >= 0.3 is 5.97 Å². The summed E-state index contributed by atoms with van der Waals surface area (Å²) in [5.41, 5.74) is 2.46. The number of hydrogen-bond donors (Lipinski definition) is 0. The van der Waals surface area contributed by atoms with Gasteiger partial charge in [0.15, 0.2) is 0 Å². The van der Waals surface area contributed by atoms with Gasteiger partial charge in [-0.2, -0.15) is 0 Å². The fourth-order valence-corrected chi connectivity index (χ4v) is 8.97. The molecule has 8 atom stereocenters. The van der Waals surface area contributed by atoms with E-state index in [1.807, 2.05) is 0 Å². The predicted molar refractivity (Wildman–Crippen MR) is 133 cm³/mol. The zero-order valence-corrected chi connectivity index (χ0v) is 21.5. The molecule has 32 heavy (non-hydrogen) atoms. The van der Waals surface area contributed by atoms with Gasteiger partial charge in [0.05, 0.1) is 0 Å². The third-order valence-electron chi connectivity index (χ3n) is 10.7. The maximum atomic E-state index is 11.7. The van der Waals surface area contributed by atoms with Crippen molar-refractivity contribution in [2.24, 2.45) is 46.3 Å². The van der Waals surface area contributed by atoms with Crippen LogP contribution >= 0.6 is 0 Å². The molecule has 0 spiro atoms. The van der Waals surface area contributed by atoms with Crippen LogP contribution < -0.4 is 0 Å². The molecule has 0 aromatic carbocycles. The first-order valence-corrected chi connectivity index (χ1v) is 13.7. The van der Waals surface area contributed by atoms with E-state index in [0.29, 0.717) is 10.8 Å². The third kappa shape index (κ3) is 4.25. The van der Waals surface area contributed by atoms with Crippen molar-refractivity contribution in [2.45, 2.75) is 111 Å². The lowest BCUT2D eigenvalue weighted by molar-refractivity contribution is -0.145. The smallest absolute Gasteiger partial charge is 0.330 e. The average molecular weight is 441 g/mol. The Labute approximate surface area is 197 Å². The quantitative estimate of drug-likeness (QED) is 0.227. The normalized spacial score (nSPS) is 41.8. The van der Waals surface area contributed by atoms with E-state index in [-0.39, 0.29) is 12.1 Å². The standard InChI is InChI=1S/C30H48O2/c1-7-28(31)32-23-15-17-29(5)22(19-23)11-12-24-26-14-13-25(21(4)10-8-9-20(2)3)30(26,6)18-16-27(24)29/h7,11,20-21,23-27H,1,8-10,12-19H2,2-6H3/t21?,23?,24?,25?,26?,27?,29-,30+/m0/s1. The Morgan fingerprint density at radius 2 is 1.91 bits per heavy atom. The van der Waals surface area contributed by atoms with E-state index in [4.69, 9.17) is 4.74 Å². The van der Waals surface area contributed by atoms with Crippen molar-refractivity contribution >= 4 is 5.97 Å². The van der Waals surface area contributed by atoms with Crippen LogP contribution in [-0.4, -0.2) is 12.1 Å². The molecule has 0 N–H and O–H groups in total. The van der Waals surface area contributed by atoms with Crippen molar-refractivity contribution in [2.75, 3.05) is 0 Å². The van der Waals surface area contributed by atoms with Crippen molar-refractivity contribution in [1.29, 1.82) is 0 Å². The zero-order valence-electron chi connectivity index (χ0n) is 21.5. The summed E-state index contributed by atoms with van der Waals surface area (Å²) in [5, 5.41) is 0. The Morgan fingerprint density at radius 3 is 2.62 bits per heavy atom. The molecule has 0 bridgehead atoms. The molecule has 2 nitrogen and oxygen atoms in total. The summed E-state index contributed by atoms with van der Waals surface area (Å²) in [5.74, 6) is 4.97. The maximum Gasteiger partial charge on any atom is 0.330 e. The van der Waals surface area contributed by atoms with Crippen LogP contribution in [0, 0.1) is 46.3 Å². The number of fused-ring (bicyclic) bond motifs is 5. The van der Waals surface area contributed by atoms with E-state index >= 15 is 0 Å². The lowest BCUT2D eigenvalue weighted by Gasteiger charge is -2.58. The van der Waals surface area contributed by atoms with E-state index in [0.717, 1.165) is 48.3 Å². The first kappa shape index (κ1) is 24.1. The summed E-state index contributed by atoms with van der Waals surface area (Å²) in [6.07, 6.45) is 18.3. The molecule has 0 aliphatic heterocycles. The Morgan fingerprint density at radius 1 is 1.12 bits per heavy atom. The number of rotatable bonds is 7. The van der Waals surface area contributed by atoms with E-state index < -0.39 is 0 Å². The number of esters is 1. The summed E-state index contributed by atoms with van der Waals surface area (Å²) < 4.78 is 5.65. The summed E-state index contributed by atoms with van der Waals surface area (Å²) in [6.45, 7) is 16.1. The molecule has 4 aliphatic carbocycles. The molecule has 0 heterocycles. The van der Waals surface area contributed by atoms with Gasteiger partial charge in [-0.25, -0.2) is 4.79 Å². The molecule has 3 fully saturated rings. The topological polar surface area (TPSA) is 26.3 Å². The molecular formula is C30H48O2. The lowest BCUT2D eigenvalue weighted by atomic mass is 9.47. The minimum absolute atomic E-state index is 0.0489. The van der Waals surface area contributed by atoms with Gasteiger partial charge in [0.25, 0.3) is 0 Å². The first-order valence-electron chi connectivity index (χ1n) is 13.7. The molecule has 0 saturated heterocycles. The van der Waals surface area contributed by atoms with Gasteiger partial charge in [0.1, 0.15) is 6.10 Å². The van der Waals surface area contributed by atoms with Crippen molar-refractivity contribution < 1.29 is 9.53 Å². The van der Waals surface area contributed by atoms with Gasteiger partial charge in [-0.3, -0.25) is 0 Å². The van der Waals surface area contributed by atoms with E-state index in [1.165, 1.54) is 63.9 Å². The Balaban J connectivity index is 1.46. The molecule has 4 rings (SSSR count). The molecule has 4 aliphatic rings. The highest BCUT2D eigenvalue weighted by molar-refractivity contribution is 5.81. The highest BCUT2D eigenvalue weighted by Crippen LogP contribution is 2.67. The second kappa shape index (κ2) is 9.30. The van der Waals surface area contributed by atoms with Crippen LogP contribution in [0.4, 0.5) is 0 Å². The fraction of sp³-hybridized carbons (Fsp3) is 0.833. The van der Waals surface area contributed by atoms with Gasteiger partial charge in [0, 0.05) is 12.5 Å². The summed E-state index contributed by atoms with van der Waals surface area (Å²) in [4.78, 5) is 11.7. The molecule has 0 radical (unpaired) electrons. The second-order valence-electron chi connectivity index (χ2n) is 12.8. The number of ether oxygens (including phenoxy) is 1. The van der Waals surface area contributed by atoms with Gasteiger partial charge in [-0.15, -0.1) is 0 Å². The van der Waals surface area contributed by atoms with Gasteiger partial charge in [-0.1, -0.05) is 72.1 Å². The van der Waals surface area contributed by atoms with E-state index in [9.17, 15) is 4.79 Å². The van der Waals surface area contributed by atoms with Crippen LogP contribution in [0.15, 0.2) is 24.3 Å². The van der Waals surface area contributed by atoms with Crippen LogP contribution in [0.1, 0.15) is 105 Å². The number of hydrogen-bond acceptors (Lipinski definition) is 2. The largest absolute Gasteiger partial charge is 0.459 e. The van der Waals surface area contributed by atoms with Crippen LogP contribution in [0.25, 0.3) is 0 Å². The van der Waals surface area contributed by atoms with Crippen LogP contribution in [0.5, 0.6) is 0 Å². The van der Waals surface area contributed by atoms with Gasteiger partial charge in [-0.05, 0) is 91.3 Å². The molecule has 6 unspecified atom stereocenters. The first-order chi connectivity index (χ1) is 15.2. The zero-order chi connectivity index (χ0) is 23.1. The fourth-order valence-electron chi connectivity index (χ4n) is 8.97. The molecule has 3 saturated carbocycles. The van der Waals surface area contributed by atoms with Crippen LogP contribution in [-0.2, 0) is 9.53 Å². The number of carbonyl (C=O) groups is 1.